The quantitative estimate of drug-likeness (QED) is 0.598. The van der Waals surface area contributed by atoms with Crippen molar-refractivity contribution in [3.8, 4) is 0 Å². The van der Waals surface area contributed by atoms with E-state index in [1.54, 1.807) is 0 Å². The molecule has 0 radical (unpaired) electrons. The summed E-state index contributed by atoms with van der Waals surface area (Å²) in [6.07, 6.45) is 3.30. The minimum Gasteiger partial charge on any atom is -0.455 e. The maximum atomic E-state index is 11.5. The van der Waals surface area contributed by atoms with Gasteiger partial charge in [0.15, 0.2) is 0 Å². The molecule has 1 rings (SSSR count). The molecule has 1 heterocycles. The van der Waals surface area contributed by atoms with Crippen molar-refractivity contribution in [2.75, 3.05) is 6.61 Å². The highest BCUT2D eigenvalue weighted by molar-refractivity contribution is 6.69. The Kier molecular flexibility index (Phi) is 8.64. The number of hydrogen-bond donors (Lipinski definition) is 0. The van der Waals surface area contributed by atoms with Gasteiger partial charge in [-0.1, -0.05) is 13.0 Å². The first-order chi connectivity index (χ1) is 11.3. The van der Waals surface area contributed by atoms with Crippen LogP contribution in [0.4, 0.5) is 0 Å². The van der Waals surface area contributed by atoms with E-state index in [-0.39, 0.29) is 11.8 Å². The predicted octanol–water partition coefficient (Wildman–Crippen LogP) is 1.97. The van der Waals surface area contributed by atoms with Crippen LogP contribution in [-0.2, 0) is 32.4 Å². The van der Waals surface area contributed by atoms with Gasteiger partial charge in [0.25, 0.3) is 17.9 Å². The summed E-state index contributed by atoms with van der Waals surface area (Å²) in [5.74, 6) is -1.85. The van der Waals surface area contributed by atoms with Gasteiger partial charge in [-0.2, -0.15) is 0 Å². The average molecular weight is 377 g/mol. The molecule has 0 N–H and O–H groups in total. The van der Waals surface area contributed by atoms with Crippen LogP contribution in [0, 0.1) is 0 Å². The molecule has 24 heavy (non-hydrogen) atoms. The molecule has 7 nitrogen and oxygen atoms in total. The van der Waals surface area contributed by atoms with Gasteiger partial charge in [0, 0.05) is 33.1 Å². The van der Waals surface area contributed by atoms with Crippen molar-refractivity contribution in [2.45, 2.75) is 70.8 Å². The second kappa shape index (κ2) is 9.95. The Bertz CT molecular complexity index is 408. The van der Waals surface area contributed by atoms with Crippen molar-refractivity contribution in [3.63, 3.8) is 0 Å². The third-order valence-electron chi connectivity index (χ3n) is 3.98. The van der Waals surface area contributed by atoms with E-state index in [2.05, 4.69) is 6.92 Å². The topological polar surface area (TPSA) is 88.1 Å². The van der Waals surface area contributed by atoms with Crippen molar-refractivity contribution < 1.29 is 32.4 Å². The fourth-order valence-electron chi connectivity index (χ4n) is 3.03. The molecule has 0 saturated carbocycles. The monoisotopic (exact) mass is 376 g/mol. The molecule has 0 aromatic rings. The Morgan fingerprint density at radius 1 is 1.04 bits per heavy atom. The second-order valence-electron chi connectivity index (χ2n) is 6.08. The van der Waals surface area contributed by atoms with Crippen molar-refractivity contribution in [1.82, 2.24) is 0 Å². The van der Waals surface area contributed by atoms with Gasteiger partial charge in [-0.25, -0.2) is 0 Å². The van der Waals surface area contributed by atoms with Gasteiger partial charge in [-0.05, 0) is 25.3 Å². The molecule has 1 fully saturated rings. The maximum Gasteiger partial charge on any atom is 0.704 e. The standard InChI is InChI=1S/C15H28O7Si2/c1-5-23(15-8-6-7-9-19-15)10-11-24(20-12(2)16,21-13(3)17)22-14(4)18/h15,23H,5-11H2,1-4H3. The molecule has 0 bridgehead atoms. The van der Waals surface area contributed by atoms with Gasteiger partial charge in [0.2, 0.25) is 0 Å². The Morgan fingerprint density at radius 3 is 1.96 bits per heavy atom. The molecule has 0 amide bonds. The zero-order chi connectivity index (χ0) is 18.2. The molecule has 0 aliphatic carbocycles. The lowest BCUT2D eigenvalue weighted by Gasteiger charge is -2.31. The predicted molar refractivity (Wildman–Crippen MR) is 91.9 cm³/mol. The van der Waals surface area contributed by atoms with E-state index in [0.29, 0.717) is 0 Å². The summed E-state index contributed by atoms with van der Waals surface area (Å²) in [7, 11) is -4.99. The van der Waals surface area contributed by atoms with Gasteiger partial charge < -0.3 is 18.0 Å². The van der Waals surface area contributed by atoms with Crippen LogP contribution in [0.3, 0.4) is 0 Å². The SMILES string of the molecule is CC[SiH](CC[Si](OC(C)=O)(OC(C)=O)OC(C)=O)C1CCCCO1. The number of carbonyl (C=O) groups excluding carboxylic acids is 3. The number of hydrogen-bond acceptors (Lipinski definition) is 7. The molecule has 2 unspecified atom stereocenters. The summed E-state index contributed by atoms with van der Waals surface area (Å²) in [6, 6.07) is 2.03. The van der Waals surface area contributed by atoms with Crippen LogP contribution in [0.25, 0.3) is 0 Å². The Balaban J connectivity index is 2.85. The minimum absolute atomic E-state index is 0.274. The van der Waals surface area contributed by atoms with Crippen LogP contribution in [0.2, 0.25) is 18.1 Å². The molecule has 1 saturated heterocycles. The van der Waals surface area contributed by atoms with Gasteiger partial charge in [0.05, 0.1) is 14.8 Å². The summed E-state index contributed by atoms with van der Waals surface area (Å²) in [5.41, 5.74) is 0.280. The zero-order valence-electron chi connectivity index (χ0n) is 15.0. The minimum atomic E-state index is -3.70. The molecular formula is C15H28O7Si2. The third kappa shape index (κ3) is 7.14. The summed E-state index contributed by atoms with van der Waals surface area (Å²) in [4.78, 5) is 34.4. The van der Waals surface area contributed by atoms with E-state index < -0.39 is 35.5 Å². The van der Waals surface area contributed by atoms with E-state index in [1.165, 1.54) is 20.8 Å². The van der Waals surface area contributed by atoms with E-state index in [9.17, 15) is 14.4 Å². The van der Waals surface area contributed by atoms with E-state index in [4.69, 9.17) is 18.0 Å². The highest BCUT2D eigenvalue weighted by Crippen LogP contribution is 2.26. The van der Waals surface area contributed by atoms with Crippen molar-refractivity contribution in [3.05, 3.63) is 0 Å². The fraction of sp³-hybridized carbons (Fsp3) is 0.800. The molecule has 2 atom stereocenters. The molecule has 0 spiro atoms. The summed E-state index contributed by atoms with van der Waals surface area (Å²) < 4.78 is 21.6. The van der Waals surface area contributed by atoms with Gasteiger partial charge in [-0.15, -0.1) is 0 Å². The number of carbonyl (C=O) groups is 3. The lowest BCUT2D eigenvalue weighted by Crippen LogP contribution is -2.50. The highest BCUT2D eigenvalue weighted by atomic mass is 28.4. The van der Waals surface area contributed by atoms with Gasteiger partial charge >= 0.3 is 8.80 Å². The molecule has 0 aromatic heterocycles. The summed E-state index contributed by atoms with van der Waals surface area (Å²) in [6.45, 7) is 6.56. The fourth-order valence-corrected chi connectivity index (χ4v) is 10.1. The van der Waals surface area contributed by atoms with Gasteiger partial charge in [0.1, 0.15) is 0 Å². The molecule has 1 aliphatic heterocycles. The van der Waals surface area contributed by atoms with Crippen LogP contribution < -0.4 is 0 Å². The molecular weight excluding hydrogens is 348 g/mol. The van der Waals surface area contributed by atoms with E-state index in [0.717, 1.165) is 38.0 Å². The first-order valence-electron chi connectivity index (χ1n) is 8.48. The first-order valence-corrected chi connectivity index (χ1v) is 12.7. The third-order valence-corrected chi connectivity index (χ3v) is 10.9. The average Bonchev–Trinajstić information content (AvgIpc) is 2.46. The summed E-state index contributed by atoms with van der Waals surface area (Å²) in [5, 5.41) is 0. The maximum absolute atomic E-state index is 11.5. The second-order valence-corrected chi connectivity index (χ2v) is 12.2. The van der Waals surface area contributed by atoms with Crippen LogP contribution in [0.5, 0.6) is 0 Å². The van der Waals surface area contributed by atoms with Crippen LogP contribution >= 0.6 is 0 Å². The largest absolute Gasteiger partial charge is 0.704 e. The molecule has 1 aliphatic rings. The van der Waals surface area contributed by atoms with Crippen molar-refractivity contribution in [2.24, 2.45) is 0 Å². The molecule has 0 aromatic carbocycles. The molecule has 9 heteroatoms. The van der Waals surface area contributed by atoms with Crippen LogP contribution in [0.1, 0.15) is 47.0 Å². The van der Waals surface area contributed by atoms with Crippen molar-refractivity contribution >= 4 is 35.5 Å². The molecule has 138 valence electrons. The normalized spacial score (nSPS) is 19.2. The lowest BCUT2D eigenvalue weighted by atomic mass is 10.2. The Morgan fingerprint density at radius 2 is 1.58 bits per heavy atom. The van der Waals surface area contributed by atoms with Crippen molar-refractivity contribution in [1.29, 1.82) is 0 Å². The van der Waals surface area contributed by atoms with E-state index in [1.807, 2.05) is 0 Å². The van der Waals surface area contributed by atoms with Gasteiger partial charge in [-0.3, -0.25) is 14.4 Å². The lowest BCUT2D eigenvalue weighted by molar-refractivity contribution is -0.147. The Hall–Kier alpha value is -1.20. The van der Waals surface area contributed by atoms with Crippen LogP contribution in [-0.4, -0.2) is 47.8 Å². The smallest absolute Gasteiger partial charge is 0.455 e. The zero-order valence-corrected chi connectivity index (χ0v) is 17.1. The Labute approximate surface area is 146 Å². The summed E-state index contributed by atoms with van der Waals surface area (Å²) >= 11 is 0. The number of ether oxygens (including phenoxy) is 1. The van der Waals surface area contributed by atoms with Crippen LogP contribution in [0.15, 0.2) is 0 Å². The highest BCUT2D eigenvalue weighted by Gasteiger charge is 2.52. The van der Waals surface area contributed by atoms with E-state index >= 15 is 0 Å². The first kappa shape index (κ1) is 20.8. The number of rotatable bonds is 8.